The molecule has 70 heavy (non-hydrogen) atoms. The van der Waals surface area contributed by atoms with Crippen molar-refractivity contribution in [1.29, 1.82) is 0 Å². The maximum absolute atomic E-state index is 13.2. The van der Waals surface area contributed by atoms with Gasteiger partial charge in [0, 0.05) is 25.9 Å². The first-order valence-electron chi connectivity index (χ1n) is 29.3. The molecule has 7 nitrogen and oxygen atoms in total. The first-order valence-corrected chi connectivity index (χ1v) is 31.2. The Morgan fingerprint density at radius 3 is 1.17 bits per heavy atom. The fourth-order valence-corrected chi connectivity index (χ4v) is 14.5. The van der Waals surface area contributed by atoms with Gasteiger partial charge in [0.25, 0.3) is 8.32 Å². The zero-order valence-corrected chi connectivity index (χ0v) is 47.2. The molecule has 0 saturated heterocycles. The van der Waals surface area contributed by atoms with Crippen molar-refractivity contribution in [3.8, 4) is 0 Å². The molecule has 400 valence electrons. The summed E-state index contributed by atoms with van der Waals surface area (Å²) in [4.78, 5) is 38.7. The Bertz CT molecular complexity index is 1460. The van der Waals surface area contributed by atoms with E-state index in [9.17, 15) is 14.4 Å². The molecule has 0 heterocycles. The van der Waals surface area contributed by atoms with Gasteiger partial charge in [0.05, 0.1) is 0 Å². The van der Waals surface area contributed by atoms with Gasteiger partial charge in [-0.3, -0.25) is 14.4 Å². The van der Waals surface area contributed by atoms with Gasteiger partial charge in [-0.2, -0.15) is 0 Å². The van der Waals surface area contributed by atoms with Crippen LogP contribution in [0.5, 0.6) is 0 Å². The number of carbonyl (C=O) groups is 3. The largest absolute Gasteiger partial charge is 0.462 e. The number of unbranched alkanes of at least 4 members (excludes halogenated alkanes) is 28. The number of rotatable bonds is 46. The summed E-state index contributed by atoms with van der Waals surface area (Å²) >= 11 is 0. The summed E-state index contributed by atoms with van der Waals surface area (Å²) in [6, 6.07) is 21.7. The SMILES string of the molecule is CCCCCCCCCCCCCCCC(=O)OCC(COC(=O)CCCCCCCCCCCCCCC)OC(=O)CC(C)CCCCCCCO[Si](c1ccccc1)(c1ccccc1)C(C)(C)C. The van der Waals surface area contributed by atoms with Gasteiger partial charge in [-0.05, 0) is 40.6 Å². The van der Waals surface area contributed by atoms with Crippen LogP contribution in [0.25, 0.3) is 0 Å². The van der Waals surface area contributed by atoms with Crippen LogP contribution in [0.1, 0.15) is 266 Å². The van der Waals surface area contributed by atoms with Crippen molar-refractivity contribution < 1.29 is 33.0 Å². The zero-order valence-electron chi connectivity index (χ0n) is 46.2. The summed E-state index contributed by atoms with van der Waals surface area (Å²) < 4.78 is 24.2. The third-order valence-electron chi connectivity index (χ3n) is 14.2. The Hall–Kier alpha value is -2.97. The fraction of sp³-hybridized carbons (Fsp3) is 0.758. The Kier molecular flexibility index (Phi) is 37.4. The molecule has 1 atom stereocenters. The first-order chi connectivity index (χ1) is 34.0. The maximum atomic E-state index is 13.2. The minimum atomic E-state index is -2.52. The minimum absolute atomic E-state index is 0.0288. The topological polar surface area (TPSA) is 88.1 Å². The van der Waals surface area contributed by atoms with Gasteiger partial charge < -0.3 is 18.6 Å². The van der Waals surface area contributed by atoms with Crippen molar-refractivity contribution in [3.05, 3.63) is 60.7 Å². The van der Waals surface area contributed by atoms with E-state index in [1.54, 1.807) is 0 Å². The second-order valence-corrected chi connectivity index (χ2v) is 26.1. The van der Waals surface area contributed by atoms with Gasteiger partial charge in [-0.25, -0.2) is 0 Å². The number of hydrogen-bond donors (Lipinski definition) is 0. The molecular weight excluding hydrogens is 885 g/mol. The van der Waals surface area contributed by atoms with E-state index in [0.29, 0.717) is 12.8 Å². The Morgan fingerprint density at radius 2 is 0.800 bits per heavy atom. The molecule has 0 saturated carbocycles. The lowest BCUT2D eigenvalue weighted by Crippen LogP contribution is -2.66. The van der Waals surface area contributed by atoms with Crippen molar-refractivity contribution in [1.82, 2.24) is 0 Å². The van der Waals surface area contributed by atoms with Crippen LogP contribution in [0.4, 0.5) is 0 Å². The molecule has 0 aliphatic rings. The second kappa shape index (κ2) is 41.5. The van der Waals surface area contributed by atoms with Crippen LogP contribution >= 0.6 is 0 Å². The number of benzene rings is 2. The molecule has 0 aromatic heterocycles. The van der Waals surface area contributed by atoms with Crippen molar-refractivity contribution in [2.75, 3.05) is 19.8 Å². The molecule has 2 rings (SSSR count). The average Bonchev–Trinajstić information content (AvgIpc) is 3.34. The van der Waals surface area contributed by atoms with Gasteiger partial charge in [0.15, 0.2) is 6.10 Å². The molecule has 0 aliphatic carbocycles. The van der Waals surface area contributed by atoms with E-state index in [2.05, 4.69) is 102 Å². The standard InChI is InChI=1S/C62H106O7Si/c1-7-9-11-13-15-17-19-21-23-25-27-31-41-49-59(63)66-53-56(54-67-60(64)50-42-32-28-26-24-22-20-18-16-14-12-10-8-2)69-61(65)52-55(3)44-36-30-29-33-43-51-68-70(62(4,5)6,57-45-37-34-38-46-57)58-47-39-35-40-48-58/h34-35,37-40,45-48,55-56H,7-33,36,41-44,49-54H2,1-6H3. The van der Waals surface area contributed by atoms with Gasteiger partial charge >= 0.3 is 17.9 Å². The normalized spacial score (nSPS) is 12.3. The first kappa shape index (κ1) is 63.1. The lowest BCUT2D eigenvalue weighted by molar-refractivity contribution is -0.167. The summed E-state index contributed by atoms with van der Waals surface area (Å²) in [6.45, 7) is 14.1. The van der Waals surface area contributed by atoms with Crippen LogP contribution < -0.4 is 10.4 Å². The molecule has 2 aromatic carbocycles. The highest BCUT2D eigenvalue weighted by Gasteiger charge is 2.50. The Morgan fingerprint density at radius 1 is 0.457 bits per heavy atom. The molecule has 0 radical (unpaired) electrons. The van der Waals surface area contributed by atoms with Gasteiger partial charge in [0.2, 0.25) is 0 Å². The molecule has 0 spiro atoms. The van der Waals surface area contributed by atoms with E-state index in [-0.39, 0.29) is 48.5 Å². The van der Waals surface area contributed by atoms with Crippen LogP contribution in [0, 0.1) is 5.92 Å². The zero-order chi connectivity index (χ0) is 50.8. The lowest BCUT2D eigenvalue weighted by atomic mass is 9.99. The summed E-state index contributed by atoms with van der Waals surface area (Å²) in [6.07, 6.45) is 38.9. The average molecular weight is 992 g/mol. The highest BCUT2D eigenvalue weighted by Crippen LogP contribution is 2.37. The van der Waals surface area contributed by atoms with Crippen molar-refractivity contribution in [3.63, 3.8) is 0 Å². The third kappa shape index (κ3) is 30.2. The van der Waals surface area contributed by atoms with E-state index in [0.717, 1.165) is 83.7 Å². The van der Waals surface area contributed by atoms with E-state index in [4.69, 9.17) is 18.6 Å². The second-order valence-electron chi connectivity index (χ2n) is 21.8. The fourth-order valence-electron chi connectivity index (χ4n) is 9.94. The predicted octanol–water partition coefficient (Wildman–Crippen LogP) is 16.9. The molecule has 0 N–H and O–H groups in total. The third-order valence-corrected chi connectivity index (χ3v) is 19.3. The Balaban J connectivity index is 1.74. The predicted molar refractivity (Wildman–Crippen MR) is 297 cm³/mol. The number of ether oxygens (including phenoxy) is 3. The summed E-state index contributed by atoms with van der Waals surface area (Å²) in [5.74, 6) is -0.753. The van der Waals surface area contributed by atoms with E-state index in [1.807, 2.05) is 0 Å². The molecule has 2 aromatic rings. The Labute approximate surface area is 431 Å². The van der Waals surface area contributed by atoms with Gasteiger partial charge in [-0.15, -0.1) is 0 Å². The molecule has 0 fully saturated rings. The van der Waals surface area contributed by atoms with Crippen LogP contribution in [-0.2, 0) is 33.0 Å². The monoisotopic (exact) mass is 991 g/mol. The van der Waals surface area contributed by atoms with Crippen LogP contribution in [-0.4, -0.2) is 52.1 Å². The lowest BCUT2D eigenvalue weighted by Gasteiger charge is -2.43. The quantitative estimate of drug-likeness (QED) is 0.0283. The van der Waals surface area contributed by atoms with Crippen molar-refractivity contribution in [2.24, 2.45) is 5.92 Å². The molecular formula is C62H106O7Si. The van der Waals surface area contributed by atoms with Gasteiger partial charge in [-0.1, -0.05) is 288 Å². The summed E-state index contributed by atoms with van der Waals surface area (Å²) in [7, 11) is -2.52. The molecule has 0 aliphatic heterocycles. The van der Waals surface area contributed by atoms with Crippen LogP contribution in [0.3, 0.4) is 0 Å². The highest BCUT2D eigenvalue weighted by molar-refractivity contribution is 6.99. The van der Waals surface area contributed by atoms with Crippen LogP contribution in [0.2, 0.25) is 5.04 Å². The van der Waals surface area contributed by atoms with E-state index >= 15 is 0 Å². The molecule has 0 amide bonds. The van der Waals surface area contributed by atoms with E-state index in [1.165, 1.54) is 139 Å². The smallest absolute Gasteiger partial charge is 0.306 e. The van der Waals surface area contributed by atoms with Crippen LogP contribution in [0.15, 0.2) is 60.7 Å². The summed E-state index contributed by atoms with van der Waals surface area (Å²) in [5.41, 5.74) is 0. The van der Waals surface area contributed by atoms with Crippen molar-refractivity contribution >= 4 is 36.6 Å². The maximum Gasteiger partial charge on any atom is 0.306 e. The minimum Gasteiger partial charge on any atom is -0.462 e. The summed E-state index contributed by atoms with van der Waals surface area (Å²) in [5, 5.41) is 2.60. The van der Waals surface area contributed by atoms with Crippen molar-refractivity contribution in [2.45, 2.75) is 277 Å². The van der Waals surface area contributed by atoms with Gasteiger partial charge in [0.1, 0.15) is 13.2 Å². The highest BCUT2D eigenvalue weighted by atomic mass is 28.4. The molecule has 0 bridgehead atoms. The molecule has 8 heteroatoms. The number of hydrogen-bond acceptors (Lipinski definition) is 7. The number of carbonyl (C=O) groups excluding carboxylic acids is 3. The van der Waals surface area contributed by atoms with E-state index < -0.39 is 14.4 Å². The number of esters is 3. The molecule has 1 unspecified atom stereocenters.